The Bertz CT molecular complexity index is 381. The highest BCUT2D eigenvalue weighted by Gasteiger charge is 2.30. The highest BCUT2D eigenvalue weighted by molar-refractivity contribution is 5.25. The maximum absolute atomic E-state index is 6.42. The summed E-state index contributed by atoms with van der Waals surface area (Å²) in [5.41, 5.74) is 9.11. The fourth-order valence-electron chi connectivity index (χ4n) is 2.79. The van der Waals surface area contributed by atoms with Crippen LogP contribution in [-0.4, -0.2) is 24.0 Å². The van der Waals surface area contributed by atoms with Gasteiger partial charge < -0.3 is 5.73 Å². The first-order valence-electron chi connectivity index (χ1n) is 7.71. The van der Waals surface area contributed by atoms with E-state index < -0.39 is 0 Å². The number of nitrogens with two attached hydrogens (primary N) is 1. The van der Waals surface area contributed by atoms with E-state index in [1.165, 1.54) is 30.5 Å². The quantitative estimate of drug-likeness (QED) is 0.813. The summed E-state index contributed by atoms with van der Waals surface area (Å²) >= 11 is 0. The normalized spacial score (nSPS) is 18.6. The molecule has 0 saturated heterocycles. The second-order valence-corrected chi connectivity index (χ2v) is 5.96. The SMILES string of the molecule is CCC(N)C(c1ccc(C)cc1)N(CC)CC1CC1. The lowest BCUT2D eigenvalue weighted by Crippen LogP contribution is -2.41. The number of rotatable bonds is 7. The third-order valence-corrected chi connectivity index (χ3v) is 4.29. The van der Waals surface area contributed by atoms with E-state index >= 15 is 0 Å². The monoisotopic (exact) mass is 260 g/mol. The minimum Gasteiger partial charge on any atom is -0.326 e. The number of nitrogens with zero attached hydrogens (tertiary/aromatic N) is 1. The molecular weight excluding hydrogens is 232 g/mol. The molecule has 0 aliphatic heterocycles. The van der Waals surface area contributed by atoms with Crippen molar-refractivity contribution in [2.24, 2.45) is 11.7 Å². The van der Waals surface area contributed by atoms with Gasteiger partial charge in [-0.05, 0) is 44.2 Å². The lowest BCUT2D eigenvalue weighted by atomic mass is 9.95. The third kappa shape index (κ3) is 3.80. The second-order valence-electron chi connectivity index (χ2n) is 5.96. The average Bonchev–Trinajstić information content (AvgIpc) is 3.23. The van der Waals surface area contributed by atoms with Crippen LogP contribution < -0.4 is 5.73 Å². The van der Waals surface area contributed by atoms with Crippen LogP contribution in [0.25, 0.3) is 0 Å². The van der Waals surface area contributed by atoms with Gasteiger partial charge in [0.2, 0.25) is 0 Å². The Kier molecular flexibility index (Phi) is 5.00. The fourth-order valence-corrected chi connectivity index (χ4v) is 2.79. The predicted molar refractivity (Wildman–Crippen MR) is 82.2 cm³/mol. The van der Waals surface area contributed by atoms with Gasteiger partial charge in [0.25, 0.3) is 0 Å². The standard InChI is InChI=1S/C17H28N2/c1-4-16(18)17(15-10-6-13(3)7-11-15)19(5-2)12-14-8-9-14/h6-7,10-11,14,16-17H,4-5,8-9,12,18H2,1-3H3. The van der Waals surface area contributed by atoms with Crippen LogP contribution in [0.1, 0.15) is 50.3 Å². The molecule has 1 aliphatic carbocycles. The maximum Gasteiger partial charge on any atom is 0.0499 e. The topological polar surface area (TPSA) is 29.3 Å². The summed E-state index contributed by atoms with van der Waals surface area (Å²) in [6, 6.07) is 9.51. The summed E-state index contributed by atoms with van der Waals surface area (Å²) in [7, 11) is 0. The molecule has 1 aromatic rings. The molecule has 0 aromatic heterocycles. The van der Waals surface area contributed by atoms with Gasteiger partial charge in [-0.1, -0.05) is 43.7 Å². The maximum atomic E-state index is 6.42. The molecule has 2 nitrogen and oxygen atoms in total. The predicted octanol–water partition coefficient (Wildman–Crippen LogP) is 3.51. The molecule has 1 fully saturated rings. The van der Waals surface area contributed by atoms with E-state index in [-0.39, 0.29) is 6.04 Å². The highest BCUT2D eigenvalue weighted by Crippen LogP contribution is 2.34. The van der Waals surface area contributed by atoms with Crippen LogP contribution in [0.15, 0.2) is 24.3 Å². The first kappa shape index (κ1) is 14.5. The number of benzene rings is 1. The van der Waals surface area contributed by atoms with E-state index in [2.05, 4.69) is 49.9 Å². The third-order valence-electron chi connectivity index (χ3n) is 4.29. The first-order valence-corrected chi connectivity index (χ1v) is 7.71. The molecule has 2 rings (SSSR count). The molecule has 2 heteroatoms. The van der Waals surface area contributed by atoms with Crippen molar-refractivity contribution in [3.8, 4) is 0 Å². The zero-order valence-corrected chi connectivity index (χ0v) is 12.6. The molecule has 106 valence electrons. The molecule has 0 bridgehead atoms. The molecule has 1 saturated carbocycles. The van der Waals surface area contributed by atoms with E-state index in [0.29, 0.717) is 6.04 Å². The van der Waals surface area contributed by atoms with Crippen molar-refractivity contribution in [2.45, 2.75) is 52.1 Å². The van der Waals surface area contributed by atoms with E-state index in [1.54, 1.807) is 0 Å². The van der Waals surface area contributed by atoms with Gasteiger partial charge in [0.15, 0.2) is 0 Å². The van der Waals surface area contributed by atoms with Crippen molar-refractivity contribution in [3.63, 3.8) is 0 Å². The average molecular weight is 260 g/mol. The number of hydrogen-bond acceptors (Lipinski definition) is 2. The summed E-state index contributed by atoms with van der Waals surface area (Å²) in [5, 5.41) is 0. The summed E-state index contributed by atoms with van der Waals surface area (Å²) in [6.07, 6.45) is 3.83. The molecule has 1 aromatic carbocycles. The summed E-state index contributed by atoms with van der Waals surface area (Å²) < 4.78 is 0. The molecule has 19 heavy (non-hydrogen) atoms. The van der Waals surface area contributed by atoms with Crippen molar-refractivity contribution in [2.75, 3.05) is 13.1 Å². The van der Waals surface area contributed by atoms with Crippen molar-refractivity contribution in [1.82, 2.24) is 4.90 Å². The Hall–Kier alpha value is -0.860. The molecule has 0 radical (unpaired) electrons. The Morgan fingerprint density at radius 1 is 1.21 bits per heavy atom. The van der Waals surface area contributed by atoms with Crippen LogP contribution in [0.5, 0.6) is 0 Å². The van der Waals surface area contributed by atoms with Crippen LogP contribution in [-0.2, 0) is 0 Å². The fraction of sp³-hybridized carbons (Fsp3) is 0.647. The zero-order chi connectivity index (χ0) is 13.8. The van der Waals surface area contributed by atoms with Crippen LogP contribution in [0.4, 0.5) is 0 Å². The lowest BCUT2D eigenvalue weighted by Gasteiger charge is -2.35. The molecule has 2 atom stereocenters. The molecule has 2 N–H and O–H groups in total. The summed E-state index contributed by atoms with van der Waals surface area (Å²) in [4.78, 5) is 2.58. The van der Waals surface area contributed by atoms with Crippen LogP contribution >= 0.6 is 0 Å². The Balaban J connectivity index is 2.19. The van der Waals surface area contributed by atoms with Crippen molar-refractivity contribution in [3.05, 3.63) is 35.4 Å². The number of aryl methyl sites for hydroxylation is 1. The first-order chi connectivity index (χ1) is 9.15. The Morgan fingerprint density at radius 3 is 2.32 bits per heavy atom. The smallest absolute Gasteiger partial charge is 0.0499 e. The van der Waals surface area contributed by atoms with E-state index in [0.717, 1.165) is 18.9 Å². The number of likely N-dealkylation sites (N-methyl/N-ethyl adjacent to an activating group) is 1. The van der Waals surface area contributed by atoms with Crippen molar-refractivity contribution < 1.29 is 0 Å². The highest BCUT2D eigenvalue weighted by atomic mass is 15.2. The number of hydrogen-bond donors (Lipinski definition) is 1. The molecule has 0 heterocycles. The minimum atomic E-state index is 0.224. The van der Waals surface area contributed by atoms with E-state index in [1.807, 2.05) is 0 Å². The summed E-state index contributed by atoms with van der Waals surface area (Å²) in [6.45, 7) is 8.88. The van der Waals surface area contributed by atoms with Crippen molar-refractivity contribution >= 4 is 0 Å². The Morgan fingerprint density at radius 2 is 1.84 bits per heavy atom. The van der Waals surface area contributed by atoms with E-state index in [4.69, 9.17) is 5.73 Å². The van der Waals surface area contributed by atoms with Crippen molar-refractivity contribution in [1.29, 1.82) is 0 Å². The van der Waals surface area contributed by atoms with Gasteiger partial charge in [0.1, 0.15) is 0 Å². The van der Waals surface area contributed by atoms with Gasteiger partial charge >= 0.3 is 0 Å². The van der Waals surface area contributed by atoms with Gasteiger partial charge in [-0.3, -0.25) is 4.90 Å². The van der Waals surface area contributed by atoms with Gasteiger partial charge in [-0.15, -0.1) is 0 Å². The lowest BCUT2D eigenvalue weighted by molar-refractivity contribution is 0.170. The van der Waals surface area contributed by atoms with Crippen LogP contribution in [0.2, 0.25) is 0 Å². The van der Waals surface area contributed by atoms with Gasteiger partial charge in [0.05, 0.1) is 0 Å². The molecule has 2 unspecified atom stereocenters. The Labute approximate surface area is 118 Å². The molecule has 1 aliphatic rings. The van der Waals surface area contributed by atoms with Crippen LogP contribution in [0.3, 0.4) is 0 Å². The van der Waals surface area contributed by atoms with E-state index in [9.17, 15) is 0 Å². The second kappa shape index (κ2) is 6.53. The minimum absolute atomic E-state index is 0.224. The van der Waals surface area contributed by atoms with Gasteiger partial charge in [-0.25, -0.2) is 0 Å². The van der Waals surface area contributed by atoms with Gasteiger partial charge in [-0.2, -0.15) is 0 Å². The molecule has 0 amide bonds. The molecule has 0 spiro atoms. The zero-order valence-electron chi connectivity index (χ0n) is 12.6. The van der Waals surface area contributed by atoms with Gasteiger partial charge in [0, 0.05) is 18.6 Å². The summed E-state index contributed by atoms with van der Waals surface area (Å²) in [5.74, 6) is 0.914. The molecular formula is C17H28N2. The largest absolute Gasteiger partial charge is 0.326 e. The van der Waals surface area contributed by atoms with Crippen LogP contribution in [0, 0.1) is 12.8 Å².